The predicted octanol–water partition coefficient (Wildman–Crippen LogP) is 8.95. The number of amides is 3. The van der Waals surface area contributed by atoms with Crippen LogP contribution in [0.25, 0.3) is 0 Å². The number of carbonyl (C=O) groups excluding carboxylic acids is 3. The molecule has 3 amide bonds. The smallest absolute Gasteiger partial charge is 0.437 e. The van der Waals surface area contributed by atoms with Gasteiger partial charge in [-0.25, -0.2) is 24.2 Å². The van der Waals surface area contributed by atoms with Crippen molar-refractivity contribution >= 4 is 45.9 Å². The second kappa shape index (κ2) is 18.9. The molecule has 46 heavy (non-hydrogen) atoms. The van der Waals surface area contributed by atoms with Crippen LogP contribution in [-0.2, 0) is 14.2 Å². The molecule has 1 rings (SSSR count). The Labute approximate surface area is 284 Å². The molecule has 0 radical (unpaired) electrons. The van der Waals surface area contributed by atoms with Crippen LogP contribution in [0.15, 0.2) is 29.3 Å². The van der Waals surface area contributed by atoms with Gasteiger partial charge in [0.25, 0.3) is 0 Å². The maximum Gasteiger partial charge on any atom is 0.437 e. The number of alkyl halides is 1. The molecule has 1 N–H and O–H groups in total. The summed E-state index contributed by atoms with van der Waals surface area (Å²) in [7, 11) is 0. The van der Waals surface area contributed by atoms with Crippen LogP contribution in [0.3, 0.4) is 0 Å². The summed E-state index contributed by atoms with van der Waals surface area (Å²) >= 11 is 3.45. The lowest BCUT2D eigenvalue weighted by Crippen LogP contribution is -2.53. The third-order valence-corrected chi connectivity index (χ3v) is 6.45. The summed E-state index contributed by atoms with van der Waals surface area (Å²) in [6.45, 7) is 17.6. The highest BCUT2D eigenvalue weighted by molar-refractivity contribution is 9.09. The zero-order valence-corrected chi connectivity index (χ0v) is 31.0. The Bertz CT molecular complexity index is 1170. The van der Waals surface area contributed by atoms with Gasteiger partial charge in [0.15, 0.2) is 0 Å². The van der Waals surface area contributed by atoms with Gasteiger partial charge in [-0.05, 0) is 118 Å². The number of halogens is 1. The molecule has 0 aliphatic rings. The van der Waals surface area contributed by atoms with E-state index < -0.39 is 35.1 Å². The minimum absolute atomic E-state index is 0.0127. The second-order valence-electron chi connectivity index (χ2n) is 14.0. The summed E-state index contributed by atoms with van der Waals surface area (Å²) in [5.41, 5.74) is -1.35. The second-order valence-corrected chi connectivity index (χ2v) is 14.8. The average molecular weight is 712 g/mol. The first-order valence-corrected chi connectivity index (χ1v) is 17.0. The Morgan fingerprint density at radius 3 is 1.63 bits per heavy atom. The van der Waals surface area contributed by atoms with E-state index >= 15 is 0 Å². The number of carbonyl (C=O) groups is 3. The van der Waals surface area contributed by atoms with E-state index in [4.69, 9.17) is 24.4 Å². The van der Waals surface area contributed by atoms with Crippen molar-refractivity contribution in [2.24, 2.45) is 4.99 Å². The standard InChI is InChI=1S/C34H55BrN4O7/c1-25(36)26-17-19-27(20-18-26)43-24-16-23-39(31(42)46-34(8,9)10)28(37-29(40)44-32(2,3)4)38(30(41)45-33(5,6)7)22-15-13-11-12-14-21-35/h17-20,36H,11-16,21-24H2,1-10H3/b36-25?,37-28-. The van der Waals surface area contributed by atoms with Crippen molar-refractivity contribution < 1.29 is 33.3 Å². The zero-order chi connectivity index (χ0) is 35.1. The van der Waals surface area contributed by atoms with E-state index in [2.05, 4.69) is 20.9 Å². The van der Waals surface area contributed by atoms with Gasteiger partial charge < -0.3 is 24.4 Å². The SMILES string of the molecule is CC(=N)c1ccc(OCCCN(C(=O)OC(C)(C)C)/C(=N\C(=O)OC(C)(C)C)N(CCCCCCCBr)C(=O)OC(C)(C)C)cc1. The molecule has 0 aliphatic heterocycles. The Kier molecular flexibility index (Phi) is 16.8. The Balaban J connectivity index is 3.49. The van der Waals surface area contributed by atoms with Crippen molar-refractivity contribution in [1.82, 2.24) is 9.80 Å². The fourth-order valence-electron chi connectivity index (χ4n) is 3.92. The zero-order valence-electron chi connectivity index (χ0n) is 29.5. The van der Waals surface area contributed by atoms with Crippen LogP contribution in [0.2, 0.25) is 0 Å². The van der Waals surface area contributed by atoms with Crippen molar-refractivity contribution in [3.8, 4) is 5.75 Å². The van der Waals surface area contributed by atoms with E-state index in [1.165, 1.54) is 9.80 Å². The molecule has 0 atom stereocenters. The highest BCUT2D eigenvalue weighted by atomic mass is 79.9. The lowest BCUT2D eigenvalue weighted by molar-refractivity contribution is 0.0270. The van der Waals surface area contributed by atoms with Crippen LogP contribution in [-0.4, -0.2) is 81.6 Å². The Morgan fingerprint density at radius 2 is 1.17 bits per heavy atom. The minimum atomic E-state index is -0.959. The first-order valence-electron chi connectivity index (χ1n) is 15.9. The molecule has 0 aliphatic carbocycles. The molecule has 12 heteroatoms. The molecule has 0 bridgehead atoms. The van der Waals surface area contributed by atoms with E-state index in [1.54, 1.807) is 93.5 Å². The molecular formula is C34H55BrN4O7. The molecule has 0 unspecified atom stereocenters. The summed E-state index contributed by atoms with van der Waals surface area (Å²) in [6, 6.07) is 7.15. The fraction of sp³-hybridized carbons (Fsp3) is 0.676. The molecule has 0 spiro atoms. The number of unbranched alkanes of at least 4 members (excludes halogenated alkanes) is 4. The van der Waals surface area contributed by atoms with Gasteiger partial charge in [0.1, 0.15) is 22.6 Å². The number of aliphatic imine (C=N–C) groups is 1. The first kappa shape index (κ1) is 40.9. The lowest BCUT2D eigenvalue weighted by Gasteiger charge is -2.34. The molecule has 1 aromatic rings. The van der Waals surface area contributed by atoms with E-state index in [9.17, 15) is 14.4 Å². The Morgan fingerprint density at radius 1 is 0.717 bits per heavy atom. The summed E-state index contributed by atoms with van der Waals surface area (Å²) in [4.78, 5) is 47.1. The van der Waals surface area contributed by atoms with Crippen LogP contribution in [0, 0.1) is 5.41 Å². The molecule has 0 fully saturated rings. The summed E-state index contributed by atoms with van der Waals surface area (Å²) in [6.07, 6.45) is 2.26. The number of hydrogen-bond donors (Lipinski definition) is 1. The quantitative estimate of drug-likeness (QED) is 0.0711. The van der Waals surface area contributed by atoms with Crippen molar-refractivity contribution in [3.05, 3.63) is 29.8 Å². The van der Waals surface area contributed by atoms with Crippen LogP contribution < -0.4 is 4.74 Å². The molecule has 0 aromatic heterocycles. The van der Waals surface area contributed by atoms with E-state index in [0.717, 1.165) is 36.6 Å². The molecular weight excluding hydrogens is 656 g/mol. The monoisotopic (exact) mass is 710 g/mol. The summed E-state index contributed by atoms with van der Waals surface area (Å²) in [5.74, 6) is 0.371. The van der Waals surface area contributed by atoms with Gasteiger partial charge >= 0.3 is 18.3 Å². The molecule has 11 nitrogen and oxygen atoms in total. The molecule has 1 aromatic carbocycles. The topological polar surface area (TPSA) is 131 Å². The van der Waals surface area contributed by atoms with E-state index in [1.807, 2.05) is 0 Å². The number of rotatable bonds is 13. The maximum atomic E-state index is 13.7. The number of hydrogen-bond acceptors (Lipinski definition) is 8. The molecule has 0 saturated carbocycles. The van der Waals surface area contributed by atoms with Gasteiger partial charge in [0, 0.05) is 24.1 Å². The third-order valence-electron chi connectivity index (χ3n) is 5.89. The number of nitrogens with zero attached hydrogens (tertiary/aromatic N) is 3. The molecule has 0 saturated heterocycles. The number of benzene rings is 1. The van der Waals surface area contributed by atoms with Crippen LogP contribution >= 0.6 is 15.9 Å². The van der Waals surface area contributed by atoms with Gasteiger partial charge in [-0.3, -0.25) is 0 Å². The van der Waals surface area contributed by atoms with Crippen molar-refractivity contribution in [1.29, 1.82) is 5.41 Å². The highest BCUT2D eigenvalue weighted by Crippen LogP contribution is 2.19. The number of ether oxygens (including phenoxy) is 4. The van der Waals surface area contributed by atoms with Gasteiger partial charge in [-0.2, -0.15) is 0 Å². The summed E-state index contributed by atoms with van der Waals surface area (Å²) < 4.78 is 22.8. The normalized spacial score (nSPS) is 12.3. The molecule has 0 heterocycles. The van der Waals surface area contributed by atoms with Crippen LogP contribution in [0.4, 0.5) is 14.4 Å². The average Bonchev–Trinajstić information content (AvgIpc) is 2.89. The predicted molar refractivity (Wildman–Crippen MR) is 185 cm³/mol. The lowest BCUT2D eigenvalue weighted by atomic mass is 10.1. The van der Waals surface area contributed by atoms with E-state index in [-0.39, 0.29) is 25.7 Å². The van der Waals surface area contributed by atoms with Crippen molar-refractivity contribution in [2.45, 2.75) is 125 Å². The number of guanidine groups is 1. The van der Waals surface area contributed by atoms with Gasteiger partial charge in [-0.1, -0.05) is 35.2 Å². The fourth-order valence-corrected chi connectivity index (χ4v) is 4.32. The highest BCUT2D eigenvalue weighted by Gasteiger charge is 2.35. The largest absolute Gasteiger partial charge is 0.494 e. The van der Waals surface area contributed by atoms with Gasteiger partial charge in [0.2, 0.25) is 5.96 Å². The van der Waals surface area contributed by atoms with Crippen LogP contribution in [0.5, 0.6) is 5.75 Å². The number of nitrogens with one attached hydrogen (secondary N) is 1. The van der Waals surface area contributed by atoms with Crippen LogP contribution in [0.1, 0.15) is 113 Å². The van der Waals surface area contributed by atoms with Gasteiger partial charge in [0.05, 0.1) is 6.61 Å². The Hall–Kier alpha value is -3.15. The maximum absolute atomic E-state index is 13.7. The third kappa shape index (κ3) is 17.5. The molecule has 260 valence electrons. The first-order chi connectivity index (χ1) is 21.2. The minimum Gasteiger partial charge on any atom is -0.494 e. The van der Waals surface area contributed by atoms with E-state index in [0.29, 0.717) is 24.3 Å². The summed E-state index contributed by atoms with van der Waals surface area (Å²) in [5, 5.41) is 8.70. The van der Waals surface area contributed by atoms with Crippen molar-refractivity contribution in [3.63, 3.8) is 0 Å². The van der Waals surface area contributed by atoms with Gasteiger partial charge in [-0.15, -0.1) is 4.99 Å². The van der Waals surface area contributed by atoms with Crippen molar-refractivity contribution in [2.75, 3.05) is 25.0 Å².